The summed E-state index contributed by atoms with van der Waals surface area (Å²) in [5.41, 5.74) is 1.15. The topological polar surface area (TPSA) is 75.3 Å². The van der Waals surface area contributed by atoms with Crippen molar-refractivity contribution in [3.63, 3.8) is 0 Å². The summed E-state index contributed by atoms with van der Waals surface area (Å²) in [7, 11) is -3.97. The Bertz CT molecular complexity index is 1120. The summed E-state index contributed by atoms with van der Waals surface area (Å²) in [6.45, 7) is 0. The van der Waals surface area contributed by atoms with Gasteiger partial charge in [0.25, 0.3) is 0 Å². The van der Waals surface area contributed by atoms with E-state index in [0.717, 1.165) is 5.56 Å². The first-order chi connectivity index (χ1) is 14.2. The summed E-state index contributed by atoms with van der Waals surface area (Å²) < 4.78 is 28.1. The molecule has 1 unspecified atom stereocenters. The van der Waals surface area contributed by atoms with Crippen molar-refractivity contribution < 1.29 is 13.2 Å². The number of carbonyl (C=O) groups is 1. The third kappa shape index (κ3) is 6.20. The molecule has 0 aliphatic carbocycles. The van der Waals surface area contributed by atoms with Gasteiger partial charge in [0.05, 0.1) is 4.90 Å². The molecule has 0 radical (unpaired) electrons. The van der Waals surface area contributed by atoms with Gasteiger partial charge in [-0.05, 0) is 54.4 Å². The first-order valence-corrected chi connectivity index (χ1v) is 11.4. The highest BCUT2D eigenvalue weighted by atomic mass is 35.5. The zero-order valence-corrected chi connectivity index (χ0v) is 18.6. The number of anilines is 1. The van der Waals surface area contributed by atoms with Crippen LogP contribution in [0.15, 0.2) is 77.7 Å². The van der Waals surface area contributed by atoms with Crippen molar-refractivity contribution in [3.8, 4) is 0 Å². The molecular weight excluding hydrogens is 467 g/mol. The van der Waals surface area contributed by atoms with Gasteiger partial charge in [-0.3, -0.25) is 4.79 Å². The van der Waals surface area contributed by atoms with E-state index in [1.807, 2.05) is 30.3 Å². The average Bonchev–Trinajstić information content (AvgIpc) is 2.67. The summed E-state index contributed by atoms with van der Waals surface area (Å²) >= 11 is 17.8. The number of halogens is 3. The largest absolute Gasteiger partial charge is 0.325 e. The Kier molecular flexibility index (Phi) is 7.39. The monoisotopic (exact) mass is 482 g/mol. The molecule has 0 aromatic heterocycles. The van der Waals surface area contributed by atoms with Crippen molar-refractivity contribution in [2.24, 2.45) is 0 Å². The van der Waals surface area contributed by atoms with Gasteiger partial charge in [0.15, 0.2) is 0 Å². The standard InChI is InChI=1S/C21H17Cl3N2O3S/c22-15-6-8-19(9-7-15)30(28,29)26-20(10-14-4-2-1-3-5-14)21(27)25-18-12-16(23)11-17(24)13-18/h1-9,11-13,20,26H,10H2,(H,25,27). The van der Waals surface area contributed by atoms with Crippen LogP contribution < -0.4 is 10.0 Å². The lowest BCUT2D eigenvalue weighted by molar-refractivity contribution is -0.117. The molecule has 156 valence electrons. The quantitative estimate of drug-likeness (QED) is 0.486. The van der Waals surface area contributed by atoms with E-state index in [2.05, 4.69) is 10.0 Å². The van der Waals surface area contributed by atoms with Gasteiger partial charge in [-0.25, -0.2) is 8.42 Å². The fourth-order valence-electron chi connectivity index (χ4n) is 2.76. The van der Waals surface area contributed by atoms with Gasteiger partial charge in [-0.1, -0.05) is 65.1 Å². The van der Waals surface area contributed by atoms with Crippen LogP contribution in [-0.2, 0) is 21.2 Å². The first kappa shape index (κ1) is 22.6. The molecule has 0 bridgehead atoms. The number of rotatable bonds is 7. The molecule has 0 spiro atoms. The number of nitrogens with one attached hydrogen (secondary N) is 2. The smallest absolute Gasteiger partial charge is 0.242 e. The predicted molar refractivity (Wildman–Crippen MR) is 121 cm³/mol. The van der Waals surface area contributed by atoms with Gasteiger partial charge in [0.1, 0.15) is 6.04 Å². The summed E-state index contributed by atoms with van der Waals surface area (Å²) in [4.78, 5) is 13.0. The second-order valence-electron chi connectivity index (χ2n) is 6.46. The Morgan fingerprint density at radius 2 is 1.43 bits per heavy atom. The zero-order chi connectivity index (χ0) is 21.7. The summed E-state index contributed by atoms with van der Waals surface area (Å²) in [5, 5.41) is 3.77. The molecule has 0 aliphatic heterocycles. The number of amides is 1. The highest BCUT2D eigenvalue weighted by Gasteiger charge is 2.26. The van der Waals surface area contributed by atoms with Crippen molar-refractivity contribution in [2.75, 3.05) is 5.32 Å². The minimum atomic E-state index is -3.97. The fourth-order valence-corrected chi connectivity index (χ4v) is 4.61. The van der Waals surface area contributed by atoms with E-state index in [0.29, 0.717) is 20.8 Å². The highest BCUT2D eigenvalue weighted by Crippen LogP contribution is 2.23. The van der Waals surface area contributed by atoms with Gasteiger partial charge < -0.3 is 5.32 Å². The summed E-state index contributed by atoms with van der Waals surface area (Å²) in [6, 6.07) is 18.3. The van der Waals surface area contributed by atoms with Crippen molar-refractivity contribution in [1.82, 2.24) is 4.72 Å². The summed E-state index contributed by atoms with van der Waals surface area (Å²) in [5.74, 6) is -0.547. The molecular formula is C21H17Cl3N2O3S. The molecule has 30 heavy (non-hydrogen) atoms. The van der Waals surface area contributed by atoms with Gasteiger partial charge in [0.2, 0.25) is 15.9 Å². The van der Waals surface area contributed by atoms with E-state index >= 15 is 0 Å². The van der Waals surface area contributed by atoms with Crippen LogP contribution in [-0.4, -0.2) is 20.4 Å². The van der Waals surface area contributed by atoms with Crippen molar-refractivity contribution in [1.29, 1.82) is 0 Å². The third-order valence-electron chi connectivity index (χ3n) is 4.15. The minimum absolute atomic E-state index is 0.00330. The van der Waals surface area contributed by atoms with Crippen LogP contribution in [0.5, 0.6) is 0 Å². The van der Waals surface area contributed by atoms with Crippen molar-refractivity contribution in [3.05, 3.63) is 93.4 Å². The number of sulfonamides is 1. The van der Waals surface area contributed by atoms with E-state index in [9.17, 15) is 13.2 Å². The van der Waals surface area contributed by atoms with E-state index in [4.69, 9.17) is 34.8 Å². The predicted octanol–water partition coefficient (Wildman–Crippen LogP) is 5.18. The third-order valence-corrected chi connectivity index (χ3v) is 6.33. The molecule has 5 nitrogen and oxygen atoms in total. The SMILES string of the molecule is O=C(Nc1cc(Cl)cc(Cl)c1)C(Cc1ccccc1)NS(=O)(=O)c1ccc(Cl)cc1. The Labute approximate surface area is 190 Å². The van der Waals surface area contributed by atoms with Crippen LogP contribution in [0.25, 0.3) is 0 Å². The molecule has 0 fully saturated rings. The highest BCUT2D eigenvalue weighted by molar-refractivity contribution is 7.89. The maximum Gasteiger partial charge on any atom is 0.242 e. The second kappa shape index (κ2) is 9.81. The molecule has 3 rings (SSSR count). The number of hydrogen-bond acceptors (Lipinski definition) is 3. The van der Waals surface area contributed by atoms with Crippen LogP contribution in [0, 0.1) is 0 Å². The van der Waals surface area contributed by atoms with Crippen LogP contribution >= 0.6 is 34.8 Å². The fraction of sp³-hybridized carbons (Fsp3) is 0.0952. The summed E-state index contributed by atoms with van der Waals surface area (Å²) in [6.07, 6.45) is 0.147. The number of hydrogen-bond donors (Lipinski definition) is 2. The number of carbonyl (C=O) groups excluding carboxylic acids is 1. The molecule has 2 N–H and O–H groups in total. The van der Waals surface area contributed by atoms with E-state index < -0.39 is 22.0 Å². The Balaban J connectivity index is 1.87. The molecule has 3 aromatic rings. The maximum absolute atomic E-state index is 13.0. The van der Waals surface area contributed by atoms with Crippen LogP contribution in [0.4, 0.5) is 5.69 Å². The first-order valence-electron chi connectivity index (χ1n) is 8.82. The van der Waals surface area contributed by atoms with Gasteiger partial charge in [-0.2, -0.15) is 4.72 Å². The van der Waals surface area contributed by atoms with Gasteiger partial charge in [-0.15, -0.1) is 0 Å². The van der Waals surface area contributed by atoms with E-state index in [-0.39, 0.29) is 11.3 Å². The molecule has 1 atom stereocenters. The van der Waals surface area contributed by atoms with Crippen molar-refractivity contribution in [2.45, 2.75) is 17.4 Å². The minimum Gasteiger partial charge on any atom is -0.325 e. The Morgan fingerprint density at radius 3 is 2.03 bits per heavy atom. The molecule has 0 saturated carbocycles. The second-order valence-corrected chi connectivity index (χ2v) is 9.49. The molecule has 1 amide bonds. The zero-order valence-electron chi connectivity index (χ0n) is 15.5. The molecule has 3 aromatic carbocycles. The Morgan fingerprint density at radius 1 is 0.833 bits per heavy atom. The molecule has 0 heterocycles. The van der Waals surface area contributed by atoms with E-state index in [1.54, 1.807) is 0 Å². The van der Waals surface area contributed by atoms with Crippen LogP contribution in [0.2, 0.25) is 15.1 Å². The molecule has 9 heteroatoms. The van der Waals surface area contributed by atoms with Crippen LogP contribution in [0.1, 0.15) is 5.56 Å². The normalized spacial score (nSPS) is 12.4. The average molecular weight is 484 g/mol. The van der Waals surface area contributed by atoms with Crippen LogP contribution in [0.3, 0.4) is 0 Å². The molecule has 0 aliphatic rings. The number of benzene rings is 3. The lowest BCUT2D eigenvalue weighted by Crippen LogP contribution is -2.45. The lowest BCUT2D eigenvalue weighted by Gasteiger charge is -2.19. The van der Waals surface area contributed by atoms with Gasteiger partial charge >= 0.3 is 0 Å². The van der Waals surface area contributed by atoms with Gasteiger partial charge in [0, 0.05) is 20.8 Å². The molecule has 0 saturated heterocycles. The van der Waals surface area contributed by atoms with Crippen molar-refractivity contribution >= 4 is 56.4 Å². The van der Waals surface area contributed by atoms with E-state index in [1.165, 1.54) is 42.5 Å². The maximum atomic E-state index is 13.0. The Hall–Kier alpha value is -2.09. The lowest BCUT2D eigenvalue weighted by atomic mass is 10.1.